The van der Waals surface area contributed by atoms with Crippen molar-refractivity contribution >= 4 is 17.1 Å². The minimum Gasteiger partial charge on any atom is -0.465 e. The second-order valence-electron chi connectivity index (χ2n) is 5.17. The van der Waals surface area contributed by atoms with Crippen LogP contribution in [-0.4, -0.2) is 32.6 Å². The lowest BCUT2D eigenvalue weighted by Crippen LogP contribution is -2.13. The van der Waals surface area contributed by atoms with Crippen LogP contribution in [0.3, 0.4) is 0 Å². The van der Waals surface area contributed by atoms with Gasteiger partial charge in [-0.2, -0.15) is 13.2 Å². The smallest absolute Gasteiger partial charge is 0.451 e. The summed E-state index contributed by atoms with van der Waals surface area (Å²) >= 11 is 0. The number of halogens is 3. The summed E-state index contributed by atoms with van der Waals surface area (Å²) in [5.41, 5.74) is 1.24. The normalized spacial score (nSPS) is 11.7. The summed E-state index contributed by atoms with van der Waals surface area (Å²) in [4.78, 5) is 23.0. The van der Waals surface area contributed by atoms with E-state index in [0.717, 1.165) is 0 Å². The molecule has 0 aliphatic heterocycles. The number of nitrogens with zero attached hydrogens (tertiary/aromatic N) is 4. The Hall–Kier alpha value is -2.97. The van der Waals surface area contributed by atoms with E-state index >= 15 is 0 Å². The quantitative estimate of drug-likeness (QED) is 0.679. The molecule has 0 amide bonds. The van der Waals surface area contributed by atoms with Crippen molar-refractivity contribution in [1.82, 2.24) is 19.5 Å². The number of imidazole rings is 1. The Labute approximate surface area is 140 Å². The standard InChI is InChI=1S/C16H13F3N4O2/c1-3-11-12-13(22-15(21-11)16(17,18)19)23(8-20-12)10-6-4-5-9(7-10)14(24)25-2/h4-8H,3H2,1-2H3. The number of ether oxygens (including phenoxy) is 1. The van der Waals surface area contributed by atoms with Crippen LogP contribution >= 0.6 is 0 Å². The Kier molecular flexibility index (Phi) is 4.15. The molecule has 0 radical (unpaired) electrons. The second-order valence-corrected chi connectivity index (χ2v) is 5.17. The highest BCUT2D eigenvalue weighted by atomic mass is 19.4. The zero-order valence-corrected chi connectivity index (χ0v) is 13.3. The fourth-order valence-electron chi connectivity index (χ4n) is 2.42. The summed E-state index contributed by atoms with van der Waals surface area (Å²) in [7, 11) is 1.25. The van der Waals surface area contributed by atoms with Crippen LogP contribution in [0.4, 0.5) is 13.2 Å². The van der Waals surface area contributed by atoms with Gasteiger partial charge in [0.25, 0.3) is 0 Å². The number of fused-ring (bicyclic) bond motifs is 1. The lowest BCUT2D eigenvalue weighted by Gasteiger charge is -2.09. The number of hydrogen-bond acceptors (Lipinski definition) is 5. The van der Waals surface area contributed by atoms with E-state index in [9.17, 15) is 18.0 Å². The summed E-state index contributed by atoms with van der Waals surface area (Å²) in [5, 5.41) is 0. The molecule has 25 heavy (non-hydrogen) atoms. The van der Waals surface area contributed by atoms with Crippen LogP contribution in [0.2, 0.25) is 0 Å². The van der Waals surface area contributed by atoms with Gasteiger partial charge in [0.2, 0.25) is 5.82 Å². The molecule has 0 aliphatic carbocycles. The Morgan fingerprint density at radius 3 is 2.68 bits per heavy atom. The number of carbonyl (C=O) groups excluding carboxylic acids is 1. The zero-order chi connectivity index (χ0) is 18.2. The summed E-state index contributed by atoms with van der Waals surface area (Å²) < 4.78 is 45.3. The number of esters is 1. The molecule has 0 saturated heterocycles. The van der Waals surface area contributed by atoms with Gasteiger partial charge in [-0.3, -0.25) is 4.57 Å². The molecule has 0 N–H and O–H groups in total. The van der Waals surface area contributed by atoms with Crippen LogP contribution in [0.5, 0.6) is 0 Å². The van der Waals surface area contributed by atoms with Gasteiger partial charge < -0.3 is 4.74 Å². The fraction of sp³-hybridized carbons (Fsp3) is 0.250. The summed E-state index contributed by atoms with van der Waals surface area (Å²) in [6.07, 6.45) is -3.03. The Morgan fingerprint density at radius 2 is 2.04 bits per heavy atom. The van der Waals surface area contributed by atoms with Gasteiger partial charge in [0, 0.05) is 5.69 Å². The van der Waals surface area contributed by atoms with Crippen LogP contribution in [0.15, 0.2) is 30.6 Å². The third-order valence-corrected chi connectivity index (χ3v) is 3.60. The van der Waals surface area contributed by atoms with E-state index in [1.54, 1.807) is 25.1 Å². The lowest BCUT2D eigenvalue weighted by molar-refractivity contribution is -0.144. The first-order valence-corrected chi connectivity index (χ1v) is 7.35. The van der Waals surface area contributed by atoms with Gasteiger partial charge in [-0.25, -0.2) is 19.7 Å². The van der Waals surface area contributed by atoms with Crippen LogP contribution < -0.4 is 0 Å². The SMILES string of the molecule is CCc1nc(C(F)(F)F)nc2c1ncn2-c1cccc(C(=O)OC)c1. The molecule has 0 unspecified atom stereocenters. The molecule has 9 heteroatoms. The van der Waals surface area contributed by atoms with Gasteiger partial charge >= 0.3 is 12.1 Å². The summed E-state index contributed by atoms with van der Waals surface area (Å²) in [6, 6.07) is 6.27. The number of carbonyl (C=O) groups is 1. The van der Waals surface area contributed by atoms with Gasteiger partial charge in [-0.05, 0) is 24.6 Å². The molecule has 0 bridgehead atoms. The van der Waals surface area contributed by atoms with E-state index in [4.69, 9.17) is 0 Å². The summed E-state index contributed by atoms with van der Waals surface area (Å²) in [5.74, 6) is -1.77. The number of hydrogen-bond donors (Lipinski definition) is 0. The van der Waals surface area contributed by atoms with E-state index in [2.05, 4.69) is 19.7 Å². The topological polar surface area (TPSA) is 69.9 Å². The van der Waals surface area contributed by atoms with Gasteiger partial charge in [0.15, 0.2) is 5.65 Å². The summed E-state index contributed by atoms with van der Waals surface area (Å²) in [6.45, 7) is 1.69. The number of benzene rings is 1. The first-order chi connectivity index (χ1) is 11.8. The van der Waals surface area contributed by atoms with E-state index in [-0.39, 0.29) is 23.3 Å². The number of aromatic nitrogens is 4. The second kappa shape index (κ2) is 6.15. The molecule has 130 valence electrons. The molecule has 3 aromatic rings. The fourth-order valence-corrected chi connectivity index (χ4v) is 2.42. The van der Waals surface area contributed by atoms with Crippen LogP contribution in [0.1, 0.15) is 28.8 Å². The Bertz CT molecular complexity index is 950. The molecule has 2 heterocycles. The van der Waals surface area contributed by atoms with E-state index in [1.165, 1.54) is 24.1 Å². The van der Waals surface area contributed by atoms with Crippen molar-refractivity contribution < 1.29 is 22.7 Å². The first-order valence-electron chi connectivity index (χ1n) is 7.35. The van der Waals surface area contributed by atoms with E-state index in [1.807, 2.05) is 0 Å². The van der Waals surface area contributed by atoms with Crippen molar-refractivity contribution in [2.75, 3.05) is 7.11 Å². The molecule has 1 aromatic carbocycles. The molecule has 0 aliphatic rings. The lowest BCUT2D eigenvalue weighted by atomic mass is 10.2. The maximum atomic E-state index is 13.1. The van der Waals surface area contributed by atoms with Crippen molar-refractivity contribution in [1.29, 1.82) is 0 Å². The van der Waals surface area contributed by atoms with Crippen LogP contribution in [-0.2, 0) is 17.3 Å². The predicted molar refractivity (Wildman–Crippen MR) is 82.4 cm³/mol. The average molecular weight is 350 g/mol. The van der Waals surface area contributed by atoms with Gasteiger partial charge in [0.05, 0.1) is 18.4 Å². The minimum atomic E-state index is -4.67. The molecule has 0 saturated carbocycles. The van der Waals surface area contributed by atoms with Crippen molar-refractivity contribution in [2.24, 2.45) is 0 Å². The zero-order valence-electron chi connectivity index (χ0n) is 13.3. The van der Waals surface area contributed by atoms with Gasteiger partial charge in [-0.1, -0.05) is 13.0 Å². The Balaban J connectivity index is 2.22. The number of rotatable bonds is 3. The number of methoxy groups -OCH3 is 1. The van der Waals surface area contributed by atoms with Gasteiger partial charge in [0.1, 0.15) is 11.8 Å². The maximum Gasteiger partial charge on any atom is 0.451 e. The van der Waals surface area contributed by atoms with Crippen LogP contribution in [0.25, 0.3) is 16.9 Å². The highest BCUT2D eigenvalue weighted by Crippen LogP contribution is 2.29. The monoisotopic (exact) mass is 350 g/mol. The van der Waals surface area contributed by atoms with Crippen molar-refractivity contribution in [3.8, 4) is 5.69 Å². The molecule has 0 spiro atoms. The average Bonchev–Trinajstić information content (AvgIpc) is 3.03. The highest BCUT2D eigenvalue weighted by molar-refractivity contribution is 5.90. The maximum absolute atomic E-state index is 13.1. The molecule has 2 aromatic heterocycles. The predicted octanol–water partition coefficient (Wildman–Crippen LogP) is 3.18. The number of aryl methyl sites for hydroxylation is 1. The van der Waals surface area contributed by atoms with E-state index in [0.29, 0.717) is 11.2 Å². The van der Waals surface area contributed by atoms with E-state index < -0.39 is 18.0 Å². The first kappa shape index (κ1) is 16.9. The van der Waals surface area contributed by atoms with Gasteiger partial charge in [-0.15, -0.1) is 0 Å². The molecule has 0 atom stereocenters. The molecular formula is C16H13F3N4O2. The van der Waals surface area contributed by atoms with Crippen molar-refractivity contribution in [3.05, 3.63) is 47.7 Å². The van der Waals surface area contributed by atoms with Crippen molar-refractivity contribution in [3.63, 3.8) is 0 Å². The highest BCUT2D eigenvalue weighted by Gasteiger charge is 2.36. The van der Waals surface area contributed by atoms with Crippen molar-refractivity contribution in [2.45, 2.75) is 19.5 Å². The third-order valence-electron chi connectivity index (χ3n) is 3.60. The molecule has 0 fully saturated rings. The Morgan fingerprint density at radius 1 is 1.28 bits per heavy atom. The third kappa shape index (κ3) is 3.04. The molecule has 3 rings (SSSR count). The van der Waals surface area contributed by atoms with Crippen LogP contribution in [0, 0.1) is 0 Å². The minimum absolute atomic E-state index is 0.0289. The largest absolute Gasteiger partial charge is 0.465 e. The number of alkyl halides is 3. The molecule has 6 nitrogen and oxygen atoms in total. The molecular weight excluding hydrogens is 337 g/mol.